The molecule has 5 atom stereocenters. The molecule has 0 fully saturated rings. The molecule has 3 aliphatic rings. The Bertz CT molecular complexity index is 786. The fraction of sp³-hybridized carbons (Fsp3) is 0.529. The number of aliphatic hydroxyl groups excluding tert-OH is 4. The minimum Gasteiger partial charge on any atom is -0.394 e. The highest BCUT2D eigenvalue weighted by Gasteiger charge is 2.42. The number of fused-ring (bicyclic) bond motifs is 2. The van der Waals surface area contributed by atoms with E-state index in [1.165, 1.54) is 4.90 Å². The van der Waals surface area contributed by atoms with Gasteiger partial charge in [-0.3, -0.25) is 15.1 Å². The second kappa shape index (κ2) is 7.31. The van der Waals surface area contributed by atoms with E-state index in [0.717, 1.165) is 11.1 Å². The fourth-order valence-electron chi connectivity index (χ4n) is 3.28. The lowest BCUT2D eigenvalue weighted by molar-refractivity contribution is -0.113. The first-order chi connectivity index (χ1) is 12.7. The molecule has 0 spiro atoms. The van der Waals surface area contributed by atoms with Gasteiger partial charge in [0.1, 0.15) is 18.3 Å². The van der Waals surface area contributed by atoms with Crippen molar-refractivity contribution in [1.82, 2.24) is 10.2 Å². The summed E-state index contributed by atoms with van der Waals surface area (Å²) in [6, 6.07) is -1.71. The monoisotopic (exact) mass is 378 g/mol. The third-order valence-electron chi connectivity index (χ3n) is 4.94. The minimum absolute atomic E-state index is 0.00624. The van der Waals surface area contributed by atoms with Crippen molar-refractivity contribution >= 4 is 23.5 Å². The van der Waals surface area contributed by atoms with Crippen molar-refractivity contribution in [3.63, 3.8) is 0 Å². The van der Waals surface area contributed by atoms with Crippen LogP contribution in [-0.4, -0.2) is 92.4 Å². The van der Waals surface area contributed by atoms with Crippen molar-refractivity contribution in [2.24, 2.45) is 9.98 Å². The first-order valence-electron chi connectivity index (χ1n) is 8.54. The fourth-order valence-corrected chi connectivity index (χ4v) is 3.28. The van der Waals surface area contributed by atoms with Crippen molar-refractivity contribution in [3.05, 3.63) is 23.3 Å². The highest BCUT2D eigenvalue weighted by molar-refractivity contribution is 6.69. The van der Waals surface area contributed by atoms with Gasteiger partial charge >= 0.3 is 6.03 Å². The molecule has 0 aromatic carbocycles. The smallest absolute Gasteiger partial charge is 0.349 e. The highest BCUT2D eigenvalue weighted by Crippen LogP contribution is 2.29. The summed E-state index contributed by atoms with van der Waals surface area (Å²) in [5.74, 6) is -0.678. The Morgan fingerprint density at radius 2 is 1.81 bits per heavy atom. The Labute approximate surface area is 155 Å². The molecule has 3 rings (SSSR count). The van der Waals surface area contributed by atoms with Crippen LogP contribution in [0.1, 0.15) is 13.8 Å². The standard InChI is InChI=1S/C17H22N4O6/c1-7-3-9-10(4-8(7)2)21(5-11(23)14(25)12(24)6-22)15-13(18-9)16(26)20-17(27)19-15/h3-4,9-12,14,22-25H,5-6H2,1-2H3,(H,20,26,27). The van der Waals surface area contributed by atoms with Crippen LogP contribution in [0.4, 0.5) is 4.79 Å². The Kier molecular flexibility index (Phi) is 5.24. The molecule has 0 aromatic rings. The van der Waals surface area contributed by atoms with Crippen molar-refractivity contribution in [2.75, 3.05) is 13.2 Å². The number of rotatable bonds is 5. The minimum atomic E-state index is -1.62. The van der Waals surface area contributed by atoms with Gasteiger partial charge in [0.15, 0.2) is 11.5 Å². The van der Waals surface area contributed by atoms with Crippen molar-refractivity contribution in [3.8, 4) is 0 Å². The maximum atomic E-state index is 12.2. The number of nitrogens with one attached hydrogen (secondary N) is 1. The first kappa shape index (κ1) is 19.4. The molecule has 0 saturated carbocycles. The van der Waals surface area contributed by atoms with Gasteiger partial charge in [0.25, 0.3) is 5.91 Å². The Balaban J connectivity index is 2.00. The lowest BCUT2D eigenvalue weighted by Gasteiger charge is -2.43. The Morgan fingerprint density at radius 3 is 2.48 bits per heavy atom. The summed E-state index contributed by atoms with van der Waals surface area (Å²) in [6.45, 7) is 2.87. The molecule has 1 aliphatic carbocycles. The van der Waals surface area contributed by atoms with Crippen LogP contribution in [0.5, 0.6) is 0 Å². The number of hydrogen-bond acceptors (Lipinski definition) is 8. The number of nitrogens with zero attached hydrogens (tertiary/aromatic N) is 3. The van der Waals surface area contributed by atoms with E-state index in [-0.39, 0.29) is 18.1 Å². The molecule has 2 heterocycles. The van der Waals surface area contributed by atoms with E-state index in [1.54, 1.807) is 0 Å². The zero-order valence-electron chi connectivity index (χ0n) is 14.9. The van der Waals surface area contributed by atoms with E-state index in [2.05, 4.69) is 15.3 Å². The van der Waals surface area contributed by atoms with Crippen LogP contribution in [0.3, 0.4) is 0 Å². The SMILES string of the molecule is CC1=CC2N=C3C(=O)NC(=O)N=C3N(CC(O)C(O)C(O)CO)C2C=C1C. The number of carbonyl (C=O) groups excluding carboxylic acids is 2. The molecular weight excluding hydrogens is 356 g/mol. The molecule has 27 heavy (non-hydrogen) atoms. The predicted octanol–water partition coefficient (Wildman–Crippen LogP) is -1.89. The maximum Gasteiger partial charge on any atom is 0.349 e. The van der Waals surface area contributed by atoms with E-state index in [0.29, 0.717) is 0 Å². The largest absolute Gasteiger partial charge is 0.394 e. The zero-order valence-corrected chi connectivity index (χ0v) is 14.9. The van der Waals surface area contributed by atoms with E-state index in [4.69, 9.17) is 5.11 Å². The number of urea groups is 1. The van der Waals surface area contributed by atoms with Gasteiger partial charge in [-0.05, 0) is 13.8 Å². The number of β-amino-alcohol motifs (C(OH)–C–C–N with tert-alkyl or cyclic N) is 1. The van der Waals surface area contributed by atoms with Gasteiger partial charge in [-0.2, -0.15) is 4.99 Å². The summed E-state index contributed by atoms with van der Waals surface area (Å²) in [5, 5.41) is 40.9. The third kappa shape index (κ3) is 3.56. The second-order valence-corrected chi connectivity index (χ2v) is 6.81. The molecule has 0 radical (unpaired) electrons. The number of hydrogen-bond donors (Lipinski definition) is 5. The van der Waals surface area contributed by atoms with Crippen molar-refractivity contribution in [1.29, 1.82) is 0 Å². The Morgan fingerprint density at radius 1 is 1.15 bits per heavy atom. The summed E-state index contributed by atoms with van der Waals surface area (Å²) < 4.78 is 0. The van der Waals surface area contributed by atoms with Gasteiger partial charge < -0.3 is 25.3 Å². The molecule has 0 bridgehead atoms. The number of amides is 3. The number of amidine groups is 1. The predicted molar refractivity (Wildman–Crippen MR) is 95.3 cm³/mol. The third-order valence-corrected chi connectivity index (χ3v) is 4.94. The van der Waals surface area contributed by atoms with Crippen LogP contribution in [0.15, 0.2) is 33.3 Å². The quantitative estimate of drug-likeness (QED) is 0.374. The average molecular weight is 378 g/mol. The van der Waals surface area contributed by atoms with E-state index < -0.39 is 48.9 Å². The summed E-state index contributed by atoms with van der Waals surface area (Å²) in [7, 11) is 0. The lowest BCUT2D eigenvalue weighted by Crippen LogP contribution is -2.61. The summed E-state index contributed by atoms with van der Waals surface area (Å²) in [5.41, 5.74) is 1.93. The summed E-state index contributed by atoms with van der Waals surface area (Å²) in [6.07, 6.45) is -0.837. The van der Waals surface area contributed by atoms with Crippen LogP contribution in [0.2, 0.25) is 0 Å². The molecule has 5 N–H and O–H groups in total. The second-order valence-electron chi connectivity index (χ2n) is 6.81. The number of aliphatic imine (C=N–C) groups is 2. The lowest BCUT2D eigenvalue weighted by atomic mass is 9.89. The molecule has 10 heteroatoms. The van der Waals surface area contributed by atoms with E-state index in [1.807, 2.05) is 26.0 Å². The number of allylic oxidation sites excluding steroid dienone is 2. The van der Waals surface area contributed by atoms with Crippen LogP contribution in [0.25, 0.3) is 0 Å². The first-order valence-corrected chi connectivity index (χ1v) is 8.54. The van der Waals surface area contributed by atoms with Crippen LogP contribution >= 0.6 is 0 Å². The molecule has 5 unspecified atom stereocenters. The summed E-state index contributed by atoms with van der Waals surface area (Å²) in [4.78, 5) is 33.7. The van der Waals surface area contributed by atoms with Gasteiger partial charge in [-0.1, -0.05) is 23.3 Å². The Hall–Kier alpha value is -2.40. The molecule has 3 amide bonds. The zero-order chi connectivity index (χ0) is 19.9. The van der Waals surface area contributed by atoms with Crippen LogP contribution in [-0.2, 0) is 4.79 Å². The van der Waals surface area contributed by atoms with Crippen molar-refractivity contribution in [2.45, 2.75) is 44.2 Å². The van der Waals surface area contributed by atoms with Gasteiger partial charge in [0, 0.05) is 6.54 Å². The van der Waals surface area contributed by atoms with Gasteiger partial charge in [-0.25, -0.2) is 4.79 Å². The van der Waals surface area contributed by atoms with E-state index >= 15 is 0 Å². The number of aliphatic hydroxyl groups is 4. The average Bonchev–Trinajstić information content (AvgIpc) is 2.62. The highest BCUT2D eigenvalue weighted by atomic mass is 16.4. The topological polar surface area (TPSA) is 155 Å². The van der Waals surface area contributed by atoms with Crippen LogP contribution < -0.4 is 5.32 Å². The number of imide groups is 1. The molecule has 2 aliphatic heterocycles. The van der Waals surface area contributed by atoms with Crippen molar-refractivity contribution < 1.29 is 30.0 Å². The van der Waals surface area contributed by atoms with Gasteiger partial charge in [0.2, 0.25) is 0 Å². The molecule has 146 valence electrons. The normalized spacial score (nSPS) is 28.0. The maximum absolute atomic E-state index is 12.2. The molecule has 0 aromatic heterocycles. The van der Waals surface area contributed by atoms with Crippen LogP contribution in [0, 0.1) is 0 Å². The number of carbonyl (C=O) groups is 2. The summed E-state index contributed by atoms with van der Waals surface area (Å²) >= 11 is 0. The molecule has 10 nitrogen and oxygen atoms in total. The molecular formula is C17H22N4O6. The molecule has 0 saturated heterocycles. The van der Waals surface area contributed by atoms with Gasteiger partial charge in [0.05, 0.1) is 18.7 Å². The van der Waals surface area contributed by atoms with Gasteiger partial charge in [-0.15, -0.1) is 0 Å². The van der Waals surface area contributed by atoms with E-state index in [9.17, 15) is 24.9 Å².